The van der Waals surface area contributed by atoms with E-state index in [1.54, 1.807) is 11.1 Å². The summed E-state index contributed by atoms with van der Waals surface area (Å²) in [6.45, 7) is 3.86. The minimum Gasteiger partial charge on any atom is -0.485 e. The molecule has 2 atom stereocenters. The second-order valence-electron chi connectivity index (χ2n) is 14.5. The Bertz CT molecular complexity index is 2290. The van der Waals surface area contributed by atoms with Crippen molar-refractivity contribution in [3.05, 3.63) is 112 Å². The van der Waals surface area contributed by atoms with E-state index in [1.165, 1.54) is 46.5 Å². The zero-order chi connectivity index (χ0) is 39.0. The Morgan fingerprint density at radius 2 is 1.71 bits per heavy atom. The number of pyridine rings is 1. The molecule has 290 valence electrons. The van der Waals surface area contributed by atoms with Crippen LogP contribution in [0.4, 0.5) is 10.1 Å². The van der Waals surface area contributed by atoms with Crippen molar-refractivity contribution in [1.82, 2.24) is 24.3 Å². The van der Waals surface area contributed by atoms with Crippen molar-refractivity contribution in [3.63, 3.8) is 0 Å². The number of thiophene rings is 1. The molecule has 3 aromatic heterocycles. The number of hydrogen-bond acceptors (Lipinski definition) is 11. The highest BCUT2D eigenvalue weighted by Gasteiger charge is 2.43. The lowest BCUT2D eigenvalue weighted by molar-refractivity contribution is -0.142. The molecular weight excluding hydrogens is 740 g/mol. The average Bonchev–Trinajstić information content (AvgIpc) is 3.61. The number of carbonyl (C=O) groups is 2. The summed E-state index contributed by atoms with van der Waals surface area (Å²) in [5.41, 5.74) is 6.65. The number of rotatable bonds is 8. The Balaban J connectivity index is 0.956. The van der Waals surface area contributed by atoms with E-state index in [0.29, 0.717) is 49.1 Å². The van der Waals surface area contributed by atoms with Gasteiger partial charge in [0.1, 0.15) is 36.0 Å². The lowest BCUT2D eigenvalue weighted by Gasteiger charge is -2.43. The van der Waals surface area contributed by atoms with Gasteiger partial charge in [0.05, 0.1) is 17.0 Å². The number of aryl methyl sites for hydroxylation is 1. The predicted octanol–water partition coefficient (Wildman–Crippen LogP) is 5.26. The van der Waals surface area contributed by atoms with Gasteiger partial charge < -0.3 is 34.9 Å². The maximum atomic E-state index is 14.3. The number of likely N-dealkylation sites (tertiary alicyclic amines) is 2. The lowest BCUT2D eigenvalue weighted by atomic mass is 9.79. The van der Waals surface area contributed by atoms with Crippen molar-refractivity contribution in [2.45, 2.75) is 44.2 Å². The number of carbonyl (C=O) groups excluding carboxylic acids is 2. The fourth-order valence-electron chi connectivity index (χ4n) is 7.65. The van der Waals surface area contributed by atoms with Crippen LogP contribution in [0.5, 0.6) is 23.1 Å². The Kier molecular flexibility index (Phi) is 10.2. The van der Waals surface area contributed by atoms with Crippen LogP contribution >= 0.6 is 11.3 Å². The van der Waals surface area contributed by atoms with Gasteiger partial charge in [-0.1, -0.05) is 36.4 Å². The van der Waals surface area contributed by atoms with Gasteiger partial charge in [0.2, 0.25) is 11.8 Å². The van der Waals surface area contributed by atoms with E-state index in [0.717, 1.165) is 21.7 Å². The minimum absolute atomic E-state index is 0.0298. The molecule has 56 heavy (non-hydrogen) atoms. The molecule has 0 bridgehead atoms. The van der Waals surface area contributed by atoms with Crippen LogP contribution in [0.2, 0.25) is 0 Å². The van der Waals surface area contributed by atoms with E-state index in [4.69, 9.17) is 19.9 Å². The van der Waals surface area contributed by atoms with E-state index < -0.39 is 17.0 Å². The second kappa shape index (κ2) is 15.4. The maximum Gasteiger partial charge on any atom is 0.280 e. The van der Waals surface area contributed by atoms with Gasteiger partial charge in [-0.15, -0.1) is 11.3 Å². The highest BCUT2D eigenvalue weighted by atomic mass is 32.1. The highest BCUT2D eigenvalue weighted by Crippen LogP contribution is 2.50. The Morgan fingerprint density at radius 1 is 0.982 bits per heavy atom. The van der Waals surface area contributed by atoms with Gasteiger partial charge in [0.25, 0.3) is 11.5 Å². The molecule has 2 aromatic carbocycles. The van der Waals surface area contributed by atoms with Crippen LogP contribution in [-0.2, 0) is 11.3 Å². The topological polar surface area (TPSA) is 162 Å². The SMILES string of the molecule is Cc1ccc(-c2sc(C(=O)N3CC[C@@H](C(=O)N4CCC(O)(Cn5cnc(Oc6ccc(F)cc6)c(N)c5=O)CC4)[C@H](c4ccccc4)C3)c3c2OCCO3)cn1. The summed E-state index contributed by atoms with van der Waals surface area (Å²) in [4.78, 5) is 55.2. The zero-order valence-electron chi connectivity index (χ0n) is 30.7. The Hall–Kier alpha value is -5.80. The normalized spacial score (nSPS) is 19.1. The third kappa shape index (κ3) is 7.43. The maximum absolute atomic E-state index is 14.3. The molecule has 8 rings (SSSR count). The summed E-state index contributed by atoms with van der Waals surface area (Å²) < 4.78 is 32.2. The summed E-state index contributed by atoms with van der Waals surface area (Å²) in [7, 11) is 0. The Morgan fingerprint density at radius 3 is 2.43 bits per heavy atom. The van der Waals surface area contributed by atoms with Crippen LogP contribution in [-0.4, -0.2) is 86.2 Å². The van der Waals surface area contributed by atoms with E-state index >= 15 is 0 Å². The molecule has 0 aliphatic carbocycles. The van der Waals surface area contributed by atoms with E-state index in [2.05, 4.69) is 9.97 Å². The summed E-state index contributed by atoms with van der Waals surface area (Å²) in [6.07, 6.45) is 3.96. The second-order valence-corrected chi connectivity index (χ2v) is 15.5. The van der Waals surface area contributed by atoms with Crippen LogP contribution in [0.25, 0.3) is 10.4 Å². The molecule has 2 amide bonds. The molecular formula is C41H41FN6O7S. The number of anilines is 1. The first kappa shape index (κ1) is 37.1. The van der Waals surface area contributed by atoms with Crippen LogP contribution in [0.1, 0.15) is 46.1 Å². The molecule has 0 unspecified atom stereocenters. The summed E-state index contributed by atoms with van der Waals surface area (Å²) >= 11 is 1.34. The third-order valence-electron chi connectivity index (χ3n) is 10.7. The largest absolute Gasteiger partial charge is 0.485 e. The van der Waals surface area contributed by atoms with Crippen LogP contribution in [0.15, 0.2) is 84.0 Å². The molecule has 0 radical (unpaired) electrons. The number of nitrogens with two attached hydrogens (primary N) is 1. The number of piperidine rings is 2. The lowest BCUT2D eigenvalue weighted by Crippen LogP contribution is -2.53. The van der Waals surface area contributed by atoms with Crippen molar-refractivity contribution in [2.75, 3.05) is 45.1 Å². The Labute approximate surface area is 326 Å². The van der Waals surface area contributed by atoms with Crippen LogP contribution < -0.4 is 25.5 Å². The molecule has 0 saturated carbocycles. The quantitative estimate of drug-likeness (QED) is 0.213. The number of fused-ring (bicyclic) bond motifs is 1. The average molecular weight is 781 g/mol. The van der Waals surface area contributed by atoms with Crippen molar-refractivity contribution in [3.8, 4) is 33.6 Å². The standard InChI is InChI=1S/C41H41FN6O7S/c1-25-7-8-27(21-44-25)35-33-34(54-20-19-53-33)36(56-35)40(51)47-16-13-30(31(22-47)26-5-3-2-4-6-26)38(49)46-17-14-41(52,15-18-46)23-48-24-45-37(32(43)39(48)50)55-29-11-9-28(42)10-12-29/h2-12,21,24,30-31,52H,13-20,22-23,43H2,1H3/t30-,31+/m1/s1. The molecule has 5 aromatic rings. The van der Waals surface area contributed by atoms with Crippen molar-refractivity contribution in [2.24, 2.45) is 5.92 Å². The molecule has 13 nitrogen and oxygen atoms in total. The summed E-state index contributed by atoms with van der Waals surface area (Å²) in [6, 6.07) is 18.9. The van der Waals surface area contributed by atoms with E-state index in [9.17, 15) is 23.9 Å². The van der Waals surface area contributed by atoms with Crippen LogP contribution in [0, 0.1) is 18.7 Å². The number of nitrogen functional groups attached to an aromatic ring is 1. The predicted molar refractivity (Wildman–Crippen MR) is 207 cm³/mol. The van der Waals surface area contributed by atoms with Gasteiger partial charge >= 0.3 is 0 Å². The molecule has 3 aliphatic rings. The highest BCUT2D eigenvalue weighted by molar-refractivity contribution is 7.18. The van der Waals surface area contributed by atoms with Crippen molar-refractivity contribution in [1.29, 1.82) is 0 Å². The number of ether oxygens (including phenoxy) is 3. The molecule has 15 heteroatoms. The monoisotopic (exact) mass is 780 g/mol. The number of halogens is 1. The number of benzene rings is 2. The molecule has 3 aliphatic heterocycles. The fourth-order valence-corrected chi connectivity index (χ4v) is 8.80. The first-order valence-corrected chi connectivity index (χ1v) is 19.4. The minimum atomic E-state index is -1.29. The third-order valence-corrected chi connectivity index (χ3v) is 11.9. The number of aliphatic hydroxyl groups is 1. The molecule has 3 N–H and O–H groups in total. The first-order valence-electron chi connectivity index (χ1n) is 18.6. The van der Waals surface area contributed by atoms with Crippen LogP contribution in [0.3, 0.4) is 0 Å². The first-order chi connectivity index (χ1) is 27.1. The number of aromatic nitrogens is 3. The smallest absolute Gasteiger partial charge is 0.280 e. The fraction of sp³-hybridized carbons (Fsp3) is 0.341. The zero-order valence-corrected chi connectivity index (χ0v) is 31.5. The summed E-state index contributed by atoms with van der Waals surface area (Å²) in [5, 5.41) is 11.6. The molecule has 6 heterocycles. The van der Waals surface area contributed by atoms with E-state index in [-0.39, 0.29) is 73.4 Å². The van der Waals surface area contributed by atoms with Gasteiger partial charge in [-0.2, -0.15) is 0 Å². The molecule has 0 spiro atoms. The van der Waals surface area contributed by atoms with Gasteiger partial charge in [-0.05, 0) is 62.1 Å². The van der Waals surface area contributed by atoms with E-state index in [1.807, 2.05) is 54.3 Å². The molecule has 2 saturated heterocycles. The van der Waals surface area contributed by atoms with Gasteiger partial charge in [0.15, 0.2) is 17.2 Å². The number of hydrogen-bond donors (Lipinski definition) is 2. The molecule has 2 fully saturated rings. The van der Waals surface area contributed by atoms with Crippen molar-refractivity contribution >= 4 is 28.8 Å². The van der Waals surface area contributed by atoms with Gasteiger partial charge in [-0.25, -0.2) is 9.37 Å². The van der Waals surface area contributed by atoms with Crippen molar-refractivity contribution < 1.29 is 33.3 Å². The van der Waals surface area contributed by atoms with Gasteiger partial charge in [-0.3, -0.25) is 23.9 Å². The number of nitrogens with zero attached hydrogens (tertiary/aromatic N) is 5. The summed E-state index contributed by atoms with van der Waals surface area (Å²) in [5.74, 6) is -0.133. The number of amides is 2. The van der Waals surface area contributed by atoms with Gasteiger partial charge in [0, 0.05) is 55.5 Å².